The maximum Gasteiger partial charge on any atom is 0.222 e. The van der Waals surface area contributed by atoms with Crippen molar-refractivity contribution in [2.75, 3.05) is 125 Å². The number of nitrogens with one attached hydrogen (secondary N) is 10. The molecule has 11 amide bonds. The third kappa shape index (κ3) is 42.4. The number of aliphatic hydroxyl groups excluding tert-OH is 10. The third-order valence-electron chi connectivity index (χ3n) is 20.4. The fraction of sp³-hybridized carbons (Fsp3) is 0.859. The van der Waals surface area contributed by atoms with Gasteiger partial charge in [-0.05, 0) is 84.0 Å². The summed E-state index contributed by atoms with van der Waals surface area (Å²) >= 11 is 0. The quantitative estimate of drug-likeness (QED) is 0.0254. The number of likely N-dealkylation sites (tertiary alicyclic amines) is 1. The predicted molar refractivity (Wildman–Crippen MR) is 423 cm³/mol. The average Bonchev–Trinajstić information content (AvgIpc) is 1.51. The maximum atomic E-state index is 14.0. The van der Waals surface area contributed by atoms with Crippen molar-refractivity contribution in [2.45, 2.75) is 304 Å². The molecule has 20 N–H and O–H groups in total. The van der Waals surface area contributed by atoms with Gasteiger partial charge in [0.2, 0.25) is 65.0 Å². The number of hydrogen-bond donors (Lipinski definition) is 20. The van der Waals surface area contributed by atoms with E-state index >= 15 is 0 Å². The standard InChI is InChI=1S/C78H139N11O30/c1-50-42-54(96)43-89(50)65(104)26-12-10-8-6-5-7-9-11-25-64(103)88-78(47-111-39-27-61(100)82-33-19-30-79-58(97)22-13-16-36-114-75-66(85-51(2)93)72(108)69(105)55(44-90)117-75,48-112-40-28-62(101)83-34-20-31-80-59(98)23-14-17-37-115-76-67(86-52(3)94)73(109)70(106)56(45-91)118-76)49-113-41-29-63(102)84-35-21-32-81-60(99)24-15-18-38-116-77-68(87-53(4)95)74(110)71(107)57(46-92)119-77/h50,54-57,66-77,90-92,96,105-110H,5-49H2,1-4H3,(H,79,97)(H,80,98)(H,81,99)(H,82,100)(H,83,101)(H,84,102)(H,85,93)(H,86,94)(H,87,95)(H,88,103)/t50?,54-,55?,56?,57?,66?,67?,68?,69?,70?,71?,72?,73?,74?,75?,76?,77?,78?/m1/s1. The number of carbonyl (C=O) groups excluding carboxylic acids is 11. The Morgan fingerprint density at radius 1 is 0.353 bits per heavy atom. The summed E-state index contributed by atoms with van der Waals surface area (Å²) in [5.74, 6) is -3.66. The molecule has 0 aromatic carbocycles. The van der Waals surface area contributed by atoms with Gasteiger partial charge in [-0.2, -0.15) is 0 Å². The van der Waals surface area contributed by atoms with E-state index in [-0.39, 0.29) is 197 Å². The van der Waals surface area contributed by atoms with Crippen LogP contribution in [0.5, 0.6) is 0 Å². The van der Waals surface area contributed by atoms with Crippen molar-refractivity contribution >= 4 is 65.0 Å². The second-order valence-corrected chi connectivity index (χ2v) is 30.8. The van der Waals surface area contributed by atoms with E-state index in [1.54, 1.807) is 4.90 Å². The second-order valence-electron chi connectivity index (χ2n) is 30.8. The summed E-state index contributed by atoms with van der Waals surface area (Å²) in [6.07, 6.45) is -4.77. The normalized spacial score (nSPS) is 25.4. The van der Waals surface area contributed by atoms with Gasteiger partial charge >= 0.3 is 0 Å². The summed E-state index contributed by atoms with van der Waals surface area (Å²) in [5.41, 5.74) is -1.42. The molecule has 686 valence electrons. The summed E-state index contributed by atoms with van der Waals surface area (Å²) in [6, 6.07) is -3.26. The van der Waals surface area contributed by atoms with Gasteiger partial charge in [-0.1, -0.05) is 38.5 Å². The highest BCUT2D eigenvalue weighted by Crippen LogP contribution is 2.27. The van der Waals surface area contributed by atoms with Gasteiger partial charge in [0, 0.05) is 144 Å². The van der Waals surface area contributed by atoms with Crippen LogP contribution in [-0.4, -0.2) is 356 Å². The Labute approximate surface area is 696 Å². The Kier molecular flexibility index (Phi) is 52.8. The van der Waals surface area contributed by atoms with Crippen molar-refractivity contribution in [3.8, 4) is 0 Å². The number of amides is 11. The number of rotatable bonds is 63. The van der Waals surface area contributed by atoms with Gasteiger partial charge < -0.3 is 152 Å². The van der Waals surface area contributed by atoms with Crippen LogP contribution < -0.4 is 53.2 Å². The molecule has 4 aliphatic heterocycles. The molecule has 41 nitrogen and oxygen atoms in total. The minimum absolute atomic E-state index is 0.0269. The van der Waals surface area contributed by atoms with E-state index < -0.39 is 141 Å². The Morgan fingerprint density at radius 3 is 0.916 bits per heavy atom. The van der Waals surface area contributed by atoms with Crippen molar-refractivity contribution in [1.29, 1.82) is 0 Å². The molecule has 4 fully saturated rings. The summed E-state index contributed by atoms with van der Waals surface area (Å²) in [5, 5.41) is 128. The zero-order chi connectivity index (χ0) is 87.5. The summed E-state index contributed by atoms with van der Waals surface area (Å²) in [6.45, 7) is 4.68. The molecular formula is C78H139N11O30. The van der Waals surface area contributed by atoms with E-state index in [9.17, 15) is 104 Å². The van der Waals surface area contributed by atoms with Crippen LogP contribution in [-0.2, 0) is 95.4 Å². The molecule has 0 bridgehead atoms. The van der Waals surface area contributed by atoms with Crippen LogP contribution in [0.25, 0.3) is 0 Å². The van der Waals surface area contributed by atoms with Crippen LogP contribution in [0.4, 0.5) is 0 Å². The van der Waals surface area contributed by atoms with E-state index in [0.717, 1.165) is 44.9 Å². The van der Waals surface area contributed by atoms with Gasteiger partial charge in [0.25, 0.3) is 0 Å². The first kappa shape index (κ1) is 105. The van der Waals surface area contributed by atoms with Crippen LogP contribution in [0.2, 0.25) is 0 Å². The molecule has 0 saturated carbocycles. The van der Waals surface area contributed by atoms with E-state index in [2.05, 4.69) is 53.2 Å². The lowest BCUT2D eigenvalue weighted by Crippen LogP contribution is -2.64. The van der Waals surface area contributed by atoms with Gasteiger partial charge in [-0.3, -0.25) is 52.7 Å². The summed E-state index contributed by atoms with van der Waals surface area (Å²) in [4.78, 5) is 141. The van der Waals surface area contributed by atoms with Crippen molar-refractivity contribution in [3.63, 3.8) is 0 Å². The van der Waals surface area contributed by atoms with Gasteiger partial charge in [-0.25, -0.2) is 0 Å². The van der Waals surface area contributed by atoms with Gasteiger partial charge in [0.05, 0.1) is 65.6 Å². The molecule has 119 heavy (non-hydrogen) atoms. The molecule has 16 unspecified atom stereocenters. The monoisotopic (exact) mass is 1710 g/mol. The van der Waals surface area contributed by atoms with Gasteiger partial charge in [-0.15, -0.1) is 0 Å². The van der Waals surface area contributed by atoms with Crippen molar-refractivity contribution in [3.05, 3.63) is 0 Å². The first-order chi connectivity index (χ1) is 57.0. The molecule has 4 rings (SSSR count). The number of carbonyl (C=O) groups is 11. The van der Waals surface area contributed by atoms with E-state index in [0.29, 0.717) is 83.6 Å². The average molecular weight is 1710 g/mol. The van der Waals surface area contributed by atoms with Crippen LogP contribution in [0.3, 0.4) is 0 Å². The second kappa shape index (κ2) is 60.0. The lowest BCUT2D eigenvalue weighted by atomic mass is 9.97. The van der Waals surface area contributed by atoms with Crippen LogP contribution in [0, 0.1) is 0 Å². The van der Waals surface area contributed by atoms with E-state index in [1.165, 1.54) is 20.8 Å². The molecule has 4 heterocycles. The Hall–Kier alpha value is -6.59. The Morgan fingerprint density at radius 2 is 0.630 bits per heavy atom. The molecule has 0 aromatic heterocycles. The molecule has 17 atom stereocenters. The highest BCUT2D eigenvalue weighted by atomic mass is 16.7. The lowest BCUT2D eigenvalue weighted by Gasteiger charge is -2.42. The predicted octanol–water partition coefficient (Wildman–Crippen LogP) is -4.80. The molecule has 0 radical (unpaired) electrons. The number of aliphatic hydroxyl groups is 10. The zero-order valence-corrected chi connectivity index (χ0v) is 69.7. The fourth-order valence-electron chi connectivity index (χ4n) is 13.8. The summed E-state index contributed by atoms with van der Waals surface area (Å²) < 4.78 is 52.2. The molecule has 4 aliphatic rings. The van der Waals surface area contributed by atoms with E-state index in [4.69, 9.17) is 42.6 Å². The Bertz CT molecular complexity index is 2730. The smallest absolute Gasteiger partial charge is 0.222 e. The SMILES string of the molecule is CC(=O)NC1C(OCCCCC(=O)NCCCNC(=O)CCOCC(COCCC(=O)NCCCNC(=O)CCCCOC2OC(CO)C(O)C(O)C2NC(C)=O)(COCCC(=O)NCCCNC(=O)CCCCOC2OC(CO)C(O)C(O)C2NC(C)=O)NC(=O)CCCCCCCCCCC(=O)N2C[C@H](O)CC2C)OC(CO)C(O)C1O. The van der Waals surface area contributed by atoms with Gasteiger partial charge in [0.1, 0.15) is 78.6 Å². The van der Waals surface area contributed by atoms with E-state index in [1.807, 2.05) is 6.92 Å². The number of β-amino-alcohol motifs (C(OH)–C–C–N with tert-alkyl or cyclic N) is 1. The molecule has 41 heteroatoms. The number of unbranched alkanes of at least 4 members (excludes halogenated alkanes) is 10. The van der Waals surface area contributed by atoms with Crippen molar-refractivity contribution in [1.82, 2.24) is 58.1 Å². The zero-order valence-electron chi connectivity index (χ0n) is 69.7. The third-order valence-corrected chi connectivity index (χ3v) is 20.4. The van der Waals surface area contributed by atoms with Crippen LogP contribution in [0.15, 0.2) is 0 Å². The largest absolute Gasteiger partial charge is 0.394 e. The fourth-order valence-corrected chi connectivity index (χ4v) is 13.8. The van der Waals surface area contributed by atoms with Crippen molar-refractivity contribution < 1.29 is 146 Å². The lowest BCUT2D eigenvalue weighted by molar-refractivity contribution is -0.270. The Balaban J connectivity index is 1.29. The molecule has 0 spiro atoms. The number of hydrogen-bond acceptors (Lipinski definition) is 30. The molecule has 0 aliphatic carbocycles. The minimum Gasteiger partial charge on any atom is -0.394 e. The van der Waals surface area contributed by atoms with Crippen LogP contribution in [0.1, 0.15) is 195 Å². The molecule has 0 aromatic rings. The highest BCUT2D eigenvalue weighted by molar-refractivity contribution is 5.79. The summed E-state index contributed by atoms with van der Waals surface area (Å²) in [7, 11) is 0. The molecular weight excluding hydrogens is 1570 g/mol. The van der Waals surface area contributed by atoms with Crippen molar-refractivity contribution in [2.24, 2.45) is 0 Å². The maximum absolute atomic E-state index is 14.0. The topological polar surface area (TPSA) is 597 Å². The first-order valence-corrected chi connectivity index (χ1v) is 42.2. The number of nitrogens with zero attached hydrogens (tertiary/aromatic N) is 1. The number of ether oxygens (including phenoxy) is 9. The van der Waals surface area contributed by atoms with Crippen LogP contribution >= 0.6 is 0 Å². The molecule has 4 saturated heterocycles. The minimum atomic E-state index is -1.46. The van der Waals surface area contributed by atoms with Gasteiger partial charge in [0.15, 0.2) is 18.9 Å². The highest BCUT2D eigenvalue weighted by Gasteiger charge is 2.48. The first-order valence-electron chi connectivity index (χ1n) is 42.2.